The monoisotopic (exact) mass is 567 g/mol. The average molecular weight is 568 g/mol. The second kappa shape index (κ2) is 14.2. The number of hydrogen-bond acceptors (Lipinski definition) is 4. The van der Waals surface area contributed by atoms with Crippen molar-refractivity contribution in [3.05, 3.63) is 59.5 Å². The fraction of sp³-hybridized carbons (Fsp3) is 0.520. The summed E-state index contributed by atoms with van der Waals surface area (Å²) in [6.45, 7) is 10.4. The van der Waals surface area contributed by atoms with Gasteiger partial charge in [-0.2, -0.15) is 0 Å². The number of guanidine groups is 1. The lowest BCUT2D eigenvalue weighted by Crippen LogP contribution is -2.42. The molecule has 0 bridgehead atoms. The fourth-order valence-corrected chi connectivity index (χ4v) is 3.82. The van der Waals surface area contributed by atoms with Crippen LogP contribution in [0.3, 0.4) is 0 Å². The Kier molecular flexibility index (Phi) is 11.7. The summed E-state index contributed by atoms with van der Waals surface area (Å²) in [5.74, 6) is 1.73. The predicted molar refractivity (Wildman–Crippen MR) is 144 cm³/mol. The van der Waals surface area contributed by atoms with Gasteiger partial charge in [0.05, 0.1) is 18.8 Å². The Hall–Kier alpha value is -2.07. The van der Waals surface area contributed by atoms with Gasteiger partial charge in [0.2, 0.25) is 0 Å². The van der Waals surface area contributed by atoms with Gasteiger partial charge >= 0.3 is 0 Å². The maximum atomic E-state index is 12.3. The SMILES string of the molecule is CCNC(=NCc1ccc(C(=O)NC(C)CC)cc1)NCC(c1ccco1)N1CCCC1.I. The zero-order chi connectivity index (χ0) is 22.8. The summed E-state index contributed by atoms with van der Waals surface area (Å²) in [6.07, 6.45) is 5.12. The van der Waals surface area contributed by atoms with Crippen molar-refractivity contribution in [2.75, 3.05) is 26.2 Å². The molecule has 2 heterocycles. The van der Waals surface area contributed by atoms with Crippen LogP contribution >= 0.6 is 24.0 Å². The van der Waals surface area contributed by atoms with Crippen molar-refractivity contribution in [3.8, 4) is 0 Å². The molecule has 0 spiro atoms. The van der Waals surface area contributed by atoms with E-state index in [4.69, 9.17) is 9.41 Å². The molecule has 1 aromatic heterocycles. The first-order chi connectivity index (χ1) is 15.6. The number of aliphatic imine (C=N–C) groups is 1. The van der Waals surface area contributed by atoms with E-state index in [9.17, 15) is 4.79 Å². The molecular formula is C25H38IN5O2. The summed E-state index contributed by atoms with van der Waals surface area (Å²) in [4.78, 5) is 19.5. The minimum Gasteiger partial charge on any atom is -0.468 e. The molecule has 3 rings (SSSR count). The van der Waals surface area contributed by atoms with E-state index in [1.165, 1.54) is 12.8 Å². The molecule has 33 heavy (non-hydrogen) atoms. The summed E-state index contributed by atoms with van der Waals surface area (Å²) < 4.78 is 5.72. The minimum atomic E-state index is -0.0321. The van der Waals surface area contributed by atoms with Gasteiger partial charge in [-0.3, -0.25) is 9.69 Å². The van der Waals surface area contributed by atoms with E-state index in [2.05, 4.69) is 34.7 Å². The maximum Gasteiger partial charge on any atom is 0.251 e. The van der Waals surface area contributed by atoms with Crippen LogP contribution in [0.15, 0.2) is 52.1 Å². The molecule has 2 aromatic rings. The third-order valence-corrected chi connectivity index (χ3v) is 5.89. The highest BCUT2D eigenvalue weighted by Gasteiger charge is 2.25. The third-order valence-electron chi connectivity index (χ3n) is 5.89. The van der Waals surface area contributed by atoms with Gasteiger partial charge in [0, 0.05) is 24.7 Å². The van der Waals surface area contributed by atoms with Crippen molar-refractivity contribution >= 4 is 35.8 Å². The standard InChI is InChI=1S/C25H37N5O2.HI/c1-4-19(3)29-24(31)21-12-10-20(11-13-21)17-27-25(26-5-2)28-18-22(23-9-8-16-32-23)30-14-6-7-15-30;/h8-13,16,19,22H,4-7,14-15,17-18H2,1-3H3,(H,29,31)(H2,26,27,28);1H. The highest BCUT2D eigenvalue weighted by Crippen LogP contribution is 2.24. The molecule has 1 fully saturated rings. The smallest absolute Gasteiger partial charge is 0.251 e. The number of carbonyl (C=O) groups is 1. The van der Waals surface area contributed by atoms with E-state index in [-0.39, 0.29) is 42.0 Å². The quantitative estimate of drug-likeness (QED) is 0.227. The molecule has 1 aromatic carbocycles. The minimum absolute atomic E-state index is 0. The molecule has 0 aliphatic carbocycles. The Balaban J connectivity index is 0.00000385. The van der Waals surface area contributed by atoms with Crippen LogP contribution < -0.4 is 16.0 Å². The molecule has 1 aliphatic heterocycles. The van der Waals surface area contributed by atoms with Crippen LogP contribution in [0.2, 0.25) is 0 Å². The molecule has 2 unspecified atom stereocenters. The van der Waals surface area contributed by atoms with Crippen molar-refractivity contribution in [1.82, 2.24) is 20.9 Å². The predicted octanol–water partition coefficient (Wildman–Crippen LogP) is 4.32. The second-order valence-corrected chi connectivity index (χ2v) is 8.33. The van der Waals surface area contributed by atoms with E-state index >= 15 is 0 Å². The highest BCUT2D eigenvalue weighted by atomic mass is 127. The van der Waals surface area contributed by atoms with Gasteiger partial charge in [-0.25, -0.2) is 4.99 Å². The first-order valence-corrected chi connectivity index (χ1v) is 11.8. The molecule has 7 nitrogen and oxygen atoms in total. The first kappa shape index (κ1) is 27.2. The molecule has 182 valence electrons. The second-order valence-electron chi connectivity index (χ2n) is 8.33. The largest absolute Gasteiger partial charge is 0.468 e. The zero-order valence-electron chi connectivity index (χ0n) is 20.0. The Bertz CT molecular complexity index is 848. The normalized spacial score (nSPS) is 16.0. The first-order valence-electron chi connectivity index (χ1n) is 11.8. The Morgan fingerprint density at radius 3 is 2.45 bits per heavy atom. The summed E-state index contributed by atoms with van der Waals surface area (Å²) >= 11 is 0. The highest BCUT2D eigenvalue weighted by molar-refractivity contribution is 14.0. The van der Waals surface area contributed by atoms with E-state index in [0.717, 1.165) is 49.9 Å². The van der Waals surface area contributed by atoms with Crippen molar-refractivity contribution in [2.45, 2.75) is 58.7 Å². The van der Waals surface area contributed by atoms with E-state index < -0.39 is 0 Å². The van der Waals surface area contributed by atoms with Crippen LogP contribution in [-0.4, -0.2) is 49.0 Å². The van der Waals surface area contributed by atoms with Crippen LogP contribution in [0, 0.1) is 0 Å². The molecule has 3 N–H and O–H groups in total. The number of halogens is 1. The Morgan fingerprint density at radius 1 is 1.12 bits per heavy atom. The number of furan rings is 1. The van der Waals surface area contributed by atoms with Crippen LogP contribution in [-0.2, 0) is 6.54 Å². The van der Waals surface area contributed by atoms with Crippen molar-refractivity contribution in [2.24, 2.45) is 4.99 Å². The van der Waals surface area contributed by atoms with Gasteiger partial charge in [0.1, 0.15) is 5.76 Å². The topological polar surface area (TPSA) is 81.9 Å². The number of benzene rings is 1. The van der Waals surface area contributed by atoms with Crippen LogP contribution in [0.4, 0.5) is 0 Å². The summed E-state index contributed by atoms with van der Waals surface area (Å²) in [5.41, 5.74) is 1.74. The average Bonchev–Trinajstić information content (AvgIpc) is 3.53. The van der Waals surface area contributed by atoms with Crippen molar-refractivity contribution in [3.63, 3.8) is 0 Å². The van der Waals surface area contributed by atoms with Crippen molar-refractivity contribution < 1.29 is 9.21 Å². The van der Waals surface area contributed by atoms with Gasteiger partial charge in [0.15, 0.2) is 5.96 Å². The lowest BCUT2D eigenvalue weighted by Gasteiger charge is -2.26. The van der Waals surface area contributed by atoms with Gasteiger partial charge in [0.25, 0.3) is 5.91 Å². The lowest BCUT2D eigenvalue weighted by molar-refractivity contribution is 0.0939. The maximum absolute atomic E-state index is 12.3. The zero-order valence-corrected chi connectivity index (χ0v) is 22.3. The Labute approximate surface area is 214 Å². The number of hydrogen-bond donors (Lipinski definition) is 3. The number of nitrogens with zero attached hydrogens (tertiary/aromatic N) is 2. The number of nitrogens with one attached hydrogen (secondary N) is 3. The molecule has 0 radical (unpaired) electrons. The number of rotatable bonds is 10. The van der Waals surface area contributed by atoms with Crippen LogP contribution in [0.25, 0.3) is 0 Å². The van der Waals surface area contributed by atoms with Crippen molar-refractivity contribution in [1.29, 1.82) is 0 Å². The van der Waals surface area contributed by atoms with E-state index in [1.807, 2.05) is 43.3 Å². The third kappa shape index (κ3) is 8.33. The summed E-state index contributed by atoms with van der Waals surface area (Å²) in [7, 11) is 0. The number of likely N-dealkylation sites (tertiary alicyclic amines) is 1. The van der Waals surface area contributed by atoms with Crippen LogP contribution in [0.1, 0.15) is 67.8 Å². The summed E-state index contributed by atoms with van der Waals surface area (Å²) in [6, 6.07) is 12.0. The molecule has 0 saturated carbocycles. The van der Waals surface area contributed by atoms with E-state index in [1.54, 1.807) is 6.26 Å². The van der Waals surface area contributed by atoms with Gasteiger partial charge in [-0.1, -0.05) is 19.1 Å². The van der Waals surface area contributed by atoms with Crippen LogP contribution in [0.5, 0.6) is 0 Å². The Morgan fingerprint density at radius 2 is 1.85 bits per heavy atom. The molecule has 8 heteroatoms. The number of carbonyl (C=O) groups excluding carboxylic acids is 1. The lowest BCUT2D eigenvalue weighted by atomic mass is 10.1. The van der Waals surface area contributed by atoms with Gasteiger partial charge < -0.3 is 20.4 Å². The molecule has 1 aliphatic rings. The fourth-order valence-electron chi connectivity index (χ4n) is 3.82. The van der Waals surface area contributed by atoms with E-state index in [0.29, 0.717) is 12.1 Å². The number of amides is 1. The molecule has 1 saturated heterocycles. The van der Waals surface area contributed by atoms with Gasteiger partial charge in [-0.05, 0) is 76.0 Å². The molecule has 2 atom stereocenters. The molecular weight excluding hydrogens is 529 g/mol. The molecule has 1 amide bonds. The summed E-state index contributed by atoms with van der Waals surface area (Å²) in [5, 5.41) is 9.81. The van der Waals surface area contributed by atoms with Gasteiger partial charge in [-0.15, -0.1) is 24.0 Å².